The second-order valence-corrected chi connectivity index (χ2v) is 7.55. The Hall–Kier alpha value is -1.30. The standard InChI is InChI=1S/C13H16N2O3S/c16-12-4-2-1-3-11-10(12)7-14-13(15-11)9-5-6-19(17,18)8-9/h7,9H,1-6,8H2. The lowest BCUT2D eigenvalue weighted by atomic mass is 10.1. The predicted octanol–water partition coefficient (Wildman–Crippen LogP) is 1.29. The molecule has 1 saturated heterocycles. The van der Waals surface area contributed by atoms with Crippen LogP contribution in [-0.2, 0) is 16.3 Å². The number of sulfone groups is 1. The van der Waals surface area contributed by atoms with Crippen molar-refractivity contribution in [2.24, 2.45) is 0 Å². The van der Waals surface area contributed by atoms with E-state index in [2.05, 4.69) is 9.97 Å². The number of Topliss-reactive ketones (excluding diaryl/α,β-unsaturated/α-hetero) is 1. The quantitative estimate of drug-likeness (QED) is 0.724. The van der Waals surface area contributed by atoms with Gasteiger partial charge in [0.05, 0.1) is 22.8 Å². The van der Waals surface area contributed by atoms with Crippen molar-refractivity contribution >= 4 is 15.6 Å². The molecule has 0 amide bonds. The minimum atomic E-state index is -2.93. The van der Waals surface area contributed by atoms with Crippen LogP contribution in [0.5, 0.6) is 0 Å². The largest absolute Gasteiger partial charge is 0.294 e. The molecule has 1 aliphatic carbocycles. The van der Waals surface area contributed by atoms with Gasteiger partial charge in [-0.2, -0.15) is 0 Å². The molecule has 0 radical (unpaired) electrons. The van der Waals surface area contributed by atoms with E-state index in [0.29, 0.717) is 24.2 Å². The van der Waals surface area contributed by atoms with Gasteiger partial charge in [-0.15, -0.1) is 0 Å². The van der Waals surface area contributed by atoms with Crippen LogP contribution in [0.1, 0.15) is 53.5 Å². The monoisotopic (exact) mass is 280 g/mol. The summed E-state index contributed by atoms with van der Waals surface area (Å²) >= 11 is 0. The highest BCUT2D eigenvalue weighted by molar-refractivity contribution is 7.91. The Balaban J connectivity index is 1.93. The zero-order valence-electron chi connectivity index (χ0n) is 10.6. The molecular weight excluding hydrogens is 264 g/mol. The van der Waals surface area contributed by atoms with E-state index < -0.39 is 9.84 Å². The fourth-order valence-corrected chi connectivity index (χ4v) is 4.50. The van der Waals surface area contributed by atoms with Crippen LogP contribution < -0.4 is 0 Å². The number of hydrogen-bond donors (Lipinski definition) is 0. The zero-order valence-corrected chi connectivity index (χ0v) is 11.4. The van der Waals surface area contributed by atoms with Gasteiger partial charge in [-0.25, -0.2) is 18.4 Å². The Kier molecular flexibility index (Phi) is 3.12. The number of rotatable bonds is 1. The molecule has 19 heavy (non-hydrogen) atoms. The Bertz CT molecular complexity index is 625. The number of ketones is 1. The number of fused-ring (bicyclic) bond motifs is 1. The molecular formula is C13H16N2O3S. The van der Waals surface area contributed by atoms with Gasteiger partial charge in [-0.1, -0.05) is 0 Å². The third kappa shape index (κ3) is 2.54. The van der Waals surface area contributed by atoms with Crippen molar-refractivity contribution in [1.29, 1.82) is 0 Å². The zero-order chi connectivity index (χ0) is 13.5. The Morgan fingerprint density at radius 2 is 2.00 bits per heavy atom. The van der Waals surface area contributed by atoms with Gasteiger partial charge in [-0.05, 0) is 25.7 Å². The number of aromatic nitrogens is 2. The summed E-state index contributed by atoms with van der Waals surface area (Å²) in [6, 6.07) is 0. The molecule has 1 fully saturated rings. The normalized spacial score (nSPS) is 25.9. The van der Waals surface area contributed by atoms with Crippen LogP contribution in [0.3, 0.4) is 0 Å². The summed E-state index contributed by atoms with van der Waals surface area (Å²) in [6.45, 7) is 0. The third-order valence-electron chi connectivity index (χ3n) is 3.85. The van der Waals surface area contributed by atoms with E-state index in [0.717, 1.165) is 25.0 Å². The van der Waals surface area contributed by atoms with Crippen molar-refractivity contribution in [3.05, 3.63) is 23.3 Å². The highest BCUT2D eigenvalue weighted by atomic mass is 32.2. The highest BCUT2D eigenvalue weighted by Crippen LogP contribution is 2.28. The van der Waals surface area contributed by atoms with E-state index in [1.165, 1.54) is 0 Å². The lowest BCUT2D eigenvalue weighted by Crippen LogP contribution is -2.11. The van der Waals surface area contributed by atoms with E-state index in [9.17, 15) is 13.2 Å². The van der Waals surface area contributed by atoms with Crippen LogP contribution in [0.4, 0.5) is 0 Å². The number of carbonyl (C=O) groups excluding carboxylic acids is 1. The Morgan fingerprint density at radius 1 is 1.21 bits per heavy atom. The van der Waals surface area contributed by atoms with Crippen molar-refractivity contribution in [3.8, 4) is 0 Å². The molecule has 1 aromatic rings. The molecule has 3 rings (SSSR count). The molecule has 0 saturated carbocycles. The highest BCUT2D eigenvalue weighted by Gasteiger charge is 2.31. The Morgan fingerprint density at radius 3 is 2.74 bits per heavy atom. The summed E-state index contributed by atoms with van der Waals surface area (Å²) in [7, 11) is -2.93. The predicted molar refractivity (Wildman–Crippen MR) is 69.9 cm³/mol. The maximum Gasteiger partial charge on any atom is 0.166 e. The van der Waals surface area contributed by atoms with Gasteiger partial charge in [0, 0.05) is 18.5 Å². The van der Waals surface area contributed by atoms with Gasteiger partial charge in [0.25, 0.3) is 0 Å². The fourth-order valence-electron chi connectivity index (χ4n) is 2.76. The van der Waals surface area contributed by atoms with E-state index in [1.807, 2.05) is 0 Å². The molecule has 102 valence electrons. The first-order valence-corrected chi connectivity index (χ1v) is 8.47. The van der Waals surface area contributed by atoms with E-state index in [4.69, 9.17) is 0 Å². The summed E-state index contributed by atoms with van der Waals surface area (Å²) in [5.41, 5.74) is 1.43. The molecule has 1 atom stereocenters. The van der Waals surface area contributed by atoms with E-state index in [-0.39, 0.29) is 23.2 Å². The van der Waals surface area contributed by atoms with Gasteiger partial charge in [-0.3, -0.25) is 4.79 Å². The first-order valence-electron chi connectivity index (χ1n) is 6.64. The number of aryl methyl sites for hydroxylation is 1. The lowest BCUT2D eigenvalue weighted by Gasteiger charge is -2.09. The van der Waals surface area contributed by atoms with Gasteiger partial charge < -0.3 is 0 Å². The van der Waals surface area contributed by atoms with Gasteiger partial charge >= 0.3 is 0 Å². The second-order valence-electron chi connectivity index (χ2n) is 5.32. The summed E-state index contributed by atoms with van der Waals surface area (Å²) < 4.78 is 23.0. The van der Waals surface area contributed by atoms with Gasteiger partial charge in [0.15, 0.2) is 15.6 Å². The topological polar surface area (TPSA) is 77.0 Å². The number of nitrogens with zero attached hydrogens (tertiary/aromatic N) is 2. The molecule has 0 aromatic carbocycles. The van der Waals surface area contributed by atoms with Crippen LogP contribution in [0.15, 0.2) is 6.20 Å². The van der Waals surface area contributed by atoms with Crippen LogP contribution in [0.2, 0.25) is 0 Å². The molecule has 1 aromatic heterocycles. The molecule has 1 unspecified atom stereocenters. The molecule has 0 bridgehead atoms. The first-order chi connectivity index (χ1) is 9.05. The summed E-state index contributed by atoms with van der Waals surface area (Å²) in [5, 5.41) is 0. The van der Waals surface area contributed by atoms with Crippen LogP contribution in [-0.4, -0.2) is 35.7 Å². The smallest absolute Gasteiger partial charge is 0.166 e. The van der Waals surface area contributed by atoms with Crippen molar-refractivity contribution in [2.45, 2.75) is 38.0 Å². The first kappa shape index (κ1) is 12.7. The summed E-state index contributed by atoms with van der Waals surface area (Å²) in [6.07, 6.45) is 5.38. The lowest BCUT2D eigenvalue weighted by molar-refractivity contribution is 0.0981. The molecule has 2 heterocycles. The van der Waals surface area contributed by atoms with Crippen LogP contribution in [0.25, 0.3) is 0 Å². The average Bonchev–Trinajstić information content (AvgIpc) is 2.63. The van der Waals surface area contributed by atoms with Gasteiger partial charge in [0.1, 0.15) is 5.82 Å². The van der Waals surface area contributed by atoms with Crippen molar-refractivity contribution in [3.63, 3.8) is 0 Å². The summed E-state index contributed by atoms with van der Waals surface area (Å²) in [5.74, 6) is 0.956. The fraction of sp³-hybridized carbons (Fsp3) is 0.615. The van der Waals surface area contributed by atoms with Crippen molar-refractivity contribution in [2.75, 3.05) is 11.5 Å². The summed E-state index contributed by atoms with van der Waals surface area (Å²) in [4.78, 5) is 20.6. The second kappa shape index (κ2) is 4.67. The molecule has 1 aliphatic heterocycles. The number of hydrogen-bond acceptors (Lipinski definition) is 5. The maximum atomic E-state index is 11.9. The van der Waals surface area contributed by atoms with Crippen LogP contribution >= 0.6 is 0 Å². The van der Waals surface area contributed by atoms with Gasteiger partial charge in [0.2, 0.25) is 0 Å². The number of carbonyl (C=O) groups is 1. The Labute approximate surface area is 112 Å². The maximum absolute atomic E-state index is 11.9. The van der Waals surface area contributed by atoms with Crippen LogP contribution in [0, 0.1) is 0 Å². The van der Waals surface area contributed by atoms with E-state index >= 15 is 0 Å². The van der Waals surface area contributed by atoms with E-state index in [1.54, 1.807) is 6.20 Å². The third-order valence-corrected chi connectivity index (χ3v) is 5.62. The van der Waals surface area contributed by atoms with Crippen molar-refractivity contribution in [1.82, 2.24) is 9.97 Å². The van der Waals surface area contributed by atoms with Crippen molar-refractivity contribution < 1.29 is 13.2 Å². The molecule has 5 nitrogen and oxygen atoms in total. The SMILES string of the molecule is O=C1CCCCc2nc(C3CCS(=O)(=O)C3)ncc21. The molecule has 0 N–H and O–H groups in total. The average molecular weight is 280 g/mol. The minimum absolute atomic E-state index is 0.103. The molecule has 6 heteroatoms. The molecule has 2 aliphatic rings. The minimum Gasteiger partial charge on any atom is -0.294 e. The molecule has 0 spiro atoms.